The molecule has 0 amide bonds. The molecule has 5 nitrogen and oxygen atoms in total. The first-order valence-corrected chi connectivity index (χ1v) is 9.53. The van der Waals surface area contributed by atoms with Gasteiger partial charge in [0.15, 0.2) is 0 Å². The number of anilines is 2. The topological polar surface area (TPSA) is 66.5 Å². The van der Waals surface area contributed by atoms with E-state index in [4.69, 9.17) is 11.6 Å². The van der Waals surface area contributed by atoms with Gasteiger partial charge in [-0.15, -0.1) is 0 Å². The number of rotatable bonds is 4. The molecule has 0 aliphatic carbocycles. The molecule has 140 valence electrons. The largest absolute Gasteiger partial charge is 0.356 e. The lowest BCUT2D eigenvalue weighted by atomic mass is 10.1. The average molecular weight is 398 g/mol. The highest BCUT2D eigenvalue weighted by molar-refractivity contribution is 6.31. The first kappa shape index (κ1) is 17.4. The van der Waals surface area contributed by atoms with E-state index in [1.807, 2.05) is 72.8 Å². The van der Waals surface area contributed by atoms with E-state index in [-0.39, 0.29) is 0 Å². The van der Waals surface area contributed by atoms with Crippen LogP contribution in [0.5, 0.6) is 0 Å². The molecule has 6 heteroatoms. The van der Waals surface area contributed by atoms with E-state index in [1.54, 1.807) is 6.20 Å². The summed E-state index contributed by atoms with van der Waals surface area (Å²) in [5.41, 5.74) is 6.66. The Balaban J connectivity index is 1.39. The normalized spacial score (nSPS) is 10.9. The smallest absolute Gasteiger partial charge is 0.138 e. The van der Waals surface area contributed by atoms with Crippen LogP contribution in [0.3, 0.4) is 0 Å². The molecule has 0 atom stereocenters. The summed E-state index contributed by atoms with van der Waals surface area (Å²) >= 11 is 6.07. The summed E-state index contributed by atoms with van der Waals surface area (Å²) in [6.07, 6.45) is 1.67. The van der Waals surface area contributed by atoms with Crippen molar-refractivity contribution in [3.63, 3.8) is 0 Å². The molecule has 5 rings (SSSR count). The molecule has 29 heavy (non-hydrogen) atoms. The highest BCUT2D eigenvalue weighted by atomic mass is 35.5. The van der Waals surface area contributed by atoms with Crippen molar-refractivity contribution in [2.75, 3.05) is 5.32 Å². The minimum Gasteiger partial charge on any atom is -0.356 e. The van der Waals surface area contributed by atoms with Crippen molar-refractivity contribution in [1.82, 2.24) is 20.2 Å². The van der Waals surface area contributed by atoms with Gasteiger partial charge in [0.2, 0.25) is 0 Å². The molecule has 2 heterocycles. The molecular formula is C23H16ClN5. The molecule has 2 aromatic heterocycles. The molecule has 0 saturated carbocycles. The third-order valence-corrected chi connectivity index (χ3v) is 4.86. The van der Waals surface area contributed by atoms with E-state index >= 15 is 0 Å². The standard InChI is InChI=1S/C23H16ClN5/c24-17-8-11-21-22(14-17)28-23(27-21)16-3-1-4-19(13-16)26-18-9-6-15(7-10-18)20-5-2-12-25-29-20/h1-14,26H,(H,27,28). The molecule has 2 N–H and O–H groups in total. The van der Waals surface area contributed by atoms with Crippen molar-refractivity contribution in [2.24, 2.45) is 0 Å². The van der Waals surface area contributed by atoms with Crippen molar-refractivity contribution in [3.8, 4) is 22.6 Å². The number of hydrogen-bond acceptors (Lipinski definition) is 4. The number of nitrogens with one attached hydrogen (secondary N) is 2. The molecule has 0 radical (unpaired) electrons. The Morgan fingerprint density at radius 1 is 0.793 bits per heavy atom. The number of halogens is 1. The van der Waals surface area contributed by atoms with Gasteiger partial charge in [-0.2, -0.15) is 10.2 Å². The number of fused-ring (bicyclic) bond motifs is 1. The van der Waals surface area contributed by atoms with Gasteiger partial charge < -0.3 is 10.3 Å². The Bertz CT molecular complexity index is 1280. The van der Waals surface area contributed by atoms with Crippen LogP contribution in [0.1, 0.15) is 0 Å². The Kier molecular flexibility index (Phi) is 4.42. The van der Waals surface area contributed by atoms with Crippen LogP contribution >= 0.6 is 11.6 Å². The Hall–Kier alpha value is -3.70. The van der Waals surface area contributed by atoms with Gasteiger partial charge in [0.1, 0.15) is 5.82 Å². The van der Waals surface area contributed by atoms with Crippen molar-refractivity contribution in [2.45, 2.75) is 0 Å². The highest BCUT2D eigenvalue weighted by Crippen LogP contribution is 2.27. The third-order valence-electron chi connectivity index (χ3n) is 4.62. The van der Waals surface area contributed by atoms with Crippen LogP contribution in [0.2, 0.25) is 5.02 Å². The molecule has 0 fully saturated rings. The lowest BCUT2D eigenvalue weighted by Gasteiger charge is -2.08. The number of imidazole rings is 1. The Morgan fingerprint density at radius 3 is 2.52 bits per heavy atom. The minimum absolute atomic E-state index is 0.688. The SMILES string of the molecule is Clc1ccc2nc(-c3cccc(Nc4ccc(-c5cccnn5)cc4)c3)[nH]c2c1. The molecule has 0 unspecified atom stereocenters. The van der Waals surface area contributed by atoms with Gasteiger partial charge in [0, 0.05) is 33.7 Å². The van der Waals surface area contributed by atoms with Gasteiger partial charge in [-0.1, -0.05) is 35.9 Å². The van der Waals surface area contributed by atoms with Crippen LogP contribution in [-0.4, -0.2) is 20.2 Å². The third kappa shape index (κ3) is 3.68. The quantitative estimate of drug-likeness (QED) is 0.385. The average Bonchev–Trinajstić information content (AvgIpc) is 3.18. The van der Waals surface area contributed by atoms with Crippen LogP contribution in [-0.2, 0) is 0 Å². The molecule has 0 aliphatic rings. The summed E-state index contributed by atoms with van der Waals surface area (Å²) in [5, 5.41) is 12.2. The van der Waals surface area contributed by atoms with E-state index in [0.29, 0.717) is 5.02 Å². The molecule has 5 aromatic rings. The molecule has 0 spiro atoms. The number of aromatic amines is 1. The minimum atomic E-state index is 0.688. The predicted molar refractivity (Wildman–Crippen MR) is 117 cm³/mol. The summed E-state index contributed by atoms with van der Waals surface area (Å²) in [5.74, 6) is 0.809. The maximum Gasteiger partial charge on any atom is 0.138 e. The summed E-state index contributed by atoms with van der Waals surface area (Å²) in [6.45, 7) is 0. The van der Waals surface area contributed by atoms with Crippen LogP contribution in [0.25, 0.3) is 33.7 Å². The van der Waals surface area contributed by atoms with Crippen LogP contribution < -0.4 is 5.32 Å². The Labute approximate surface area is 172 Å². The highest BCUT2D eigenvalue weighted by Gasteiger charge is 2.07. The lowest BCUT2D eigenvalue weighted by molar-refractivity contribution is 1.04. The molecule has 0 bridgehead atoms. The number of aromatic nitrogens is 4. The van der Waals surface area contributed by atoms with Gasteiger partial charge in [-0.3, -0.25) is 0 Å². The van der Waals surface area contributed by atoms with Gasteiger partial charge in [-0.05, 0) is 54.6 Å². The fourth-order valence-electron chi connectivity index (χ4n) is 3.21. The van der Waals surface area contributed by atoms with Crippen molar-refractivity contribution >= 4 is 34.0 Å². The van der Waals surface area contributed by atoms with Crippen molar-refractivity contribution in [1.29, 1.82) is 0 Å². The molecular weight excluding hydrogens is 382 g/mol. The zero-order valence-corrected chi connectivity index (χ0v) is 16.1. The molecule has 0 saturated heterocycles. The van der Waals surface area contributed by atoms with Crippen LogP contribution in [0, 0.1) is 0 Å². The van der Waals surface area contributed by atoms with Crippen LogP contribution in [0.4, 0.5) is 11.4 Å². The summed E-state index contributed by atoms with van der Waals surface area (Å²) < 4.78 is 0. The van der Waals surface area contributed by atoms with Gasteiger partial charge in [-0.25, -0.2) is 4.98 Å². The van der Waals surface area contributed by atoms with E-state index < -0.39 is 0 Å². The summed E-state index contributed by atoms with van der Waals surface area (Å²) in [4.78, 5) is 8.00. The second-order valence-electron chi connectivity index (χ2n) is 6.64. The van der Waals surface area contributed by atoms with Crippen molar-refractivity contribution in [3.05, 3.63) is 90.1 Å². The van der Waals surface area contributed by atoms with Crippen LogP contribution in [0.15, 0.2) is 85.1 Å². The van der Waals surface area contributed by atoms with E-state index in [0.717, 1.165) is 45.1 Å². The predicted octanol–water partition coefficient (Wildman–Crippen LogP) is 6.08. The van der Waals surface area contributed by atoms with Gasteiger partial charge in [0.05, 0.1) is 16.7 Å². The second kappa shape index (κ2) is 7.37. The zero-order chi connectivity index (χ0) is 19.6. The monoisotopic (exact) mass is 397 g/mol. The maximum absolute atomic E-state index is 6.07. The lowest BCUT2D eigenvalue weighted by Crippen LogP contribution is -1.92. The van der Waals surface area contributed by atoms with E-state index in [1.165, 1.54) is 0 Å². The van der Waals surface area contributed by atoms with E-state index in [9.17, 15) is 0 Å². The zero-order valence-electron chi connectivity index (χ0n) is 15.3. The first-order valence-electron chi connectivity index (χ1n) is 9.15. The molecule has 0 aliphatic heterocycles. The van der Waals surface area contributed by atoms with Crippen molar-refractivity contribution < 1.29 is 0 Å². The van der Waals surface area contributed by atoms with Gasteiger partial charge >= 0.3 is 0 Å². The summed E-state index contributed by atoms with van der Waals surface area (Å²) in [6, 6.07) is 25.7. The molecule has 3 aromatic carbocycles. The number of nitrogens with zero attached hydrogens (tertiary/aromatic N) is 3. The Morgan fingerprint density at radius 2 is 1.69 bits per heavy atom. The fraction of sp³-hybridized carbons (Fsp3) is 0. The number of H-pyrrole nitrogens is 1. The number of benzene rings is 3. The maximum atomic E-state index is 6.07. The number of hydrogen-bond donors (Lipinski definition) is 2. The summed E-state index contributed by atoms with van der Waals surface area (Å²) in [7, 11) is 0. The second-order valence-corrected chi connectivity index (χ2v) is 7.08. The first-order chi connectivity index (χ1) is 14.2. The van der Waals surface area contributed by atoms with Gasteiger partial charge in [0.25, 0.3) is 0 Å². The fourth-order valence-corrected chi connectivity index (χ4v) is 3.38. The van der Waals surface area contributed by atoms with E-state index in [2.05, 4.69) is 31.5 Å².